The number of carbonyl (C=O) groups excluding carboxylic acids is 1. The van der Waals surface area contributed by atoms with Gasteiger partial charge >= 0.3 is 0 Å². The third-order valence-electron chi connectivity index (χ3n) is 3.20. The molecule has 2 rings (SSSR count). The molecular formula is C17H18ClNO. The average Bonchev–Trinajstić information content (AvgIpc) is 2.48. The van der Waals surface area contributed by atoms with Gasteiger partial charge in [0.1, 0.15) is 0 Å². The zero-order valence-corrected chi connectivity index (χ0v) is 12.3. The third kappa shape index (κ3) is 4.39. The van der Waals surface area contributed by atoms with Crippen molar-refractivity contribution < 1.29 is 4.79 Å². The molecule has 20 heavy (non-hydrogen) atoms. The van der Waals surface area contributed by atoms with Gasteiger partial charge in [-0.15, -0.1) is 0 Å². The largest absolute Gasteiger partial charge is 0.326 e. The molecule has 3 heteroatoms. The molecular weight excluding hydrogens is 270 g/mol. The van der Waals surface area contributed by atoms with E-state index in [0.717, 1.165) is 18.5 Å². The van der Waals surface area contributed by atoms with Crippen LogP contribution in [0, 0.1) is 0 Å². The summed E-state index contributed by atoms with van der Waals surface area (Å²) in [5, 5.41) is 3.53. The van der Waals surface area contributed by atoms with Crippen molar-refractivity contribution in [3.63, 3.8) is 0 Å². The zero-order chi connectivity index (χ0) is 14.4. The maximum atomic E-state index is 11.8. The van der Waals surface area contributed by atoms with Gasteiger partial charge in [0, 0.05) is 17.1 Å². The summed E-state index contributed by atoms with van der Waals surface area (Å²) in [7, 11) is 0. The first-order valence-corrected chi connectivity index (χ1v) is 7.18. The minimum absolute atomic E-state index is 0.0203. The number of amides is 1. The molecule has 2 nitrogen and oxygen atoms in total. The van der Waals surface area contributed by atoms with Crippen LogP contribution in [-0.4, -0.2) is 5.91 Å². The van der Waals surface area contributed by atoms with Crippen LogP contribution in [-0.2, 0) is 17.6 Å². The summed E-state index contributed by atoms with van der Waals surface area (Å²) in [6, 6.07) is 15.6. The summed E-state index contributed by atoms with van der Waals surface area (Å²) in [5.74, 6) is 0.0203. The smallest absolute Gasteiger partial charge is 0.224 e. The maximum Gasteiger partial charge on any atom is 0.224 e. The Morgan fingerprint density at radius 3 is 2.20 bits per heavy atom. The van der Waals surface area contributed by atoms with Gasteiger partial charge in [-0.2, -0.15) is 0 Å². The normalized spacial score (nSPS) is 10.3. The van der Waals surface area contributed by atoms with Crippen LogP contribution in [0.3, 0.4) is 0 Å². The van der Waals surface area contributed by atoms with Gasteiger partial charge in [-0.3, -0.25) is 4.79 Å². The highest BCUT2D eigenvalue weighted by atomic mass is 35.5. The van der Waals surface area contributed by atoms with Crippen molar-refractivity contribution in [2.75, 3.05) is 5.32 Å². The number of carbonyl (C=O) groups is 1. The van der Waals surface area contributed by atoms with Gasteiger partial charge in [0.05, 0.1) is 0 Å². The van der Waals surface area contributed by atoms with Crippen molar-refractivity contribution in [2.45, 2.75) is 26.2 Å². The Balaban J connectivity index is 1.83. The lowest BCUT2D eigenvalue weighted by molar-refractivity contribution is -0.116. The van der Waals surface area contributed by atoms with Crippen molar-refractivity contribution in [3.05, 3.63) is 64.7 Å². The molecule has 0 saturated heterocycles. The first kappa shape index (κ1) is 14.6. The first-order valence-electron chi connectivity index (χ1n) is 6.80. The second-order valence-electron chi connectivity index (χ2n) is 4.73. The molecule has 2 aromatic rings. The van der Waals surface area contributed by atoms with Gasteiger partial charge in [-0.05, 0) is 48.2 Å². The van der Waals surface area contributed by atoms with Crippen molar-refractivity contribution in [1.82, 2.24) is 0 Å². The van der Waals surface area contributed by atoms with E-state index in [0.29, 0.717) is 11.4 Å². The average molecular weight is 288 g/mol. The molecule has 0 radical (unpaired) electrons. The molecule has 0 aliphatic rings. The van der Waals surface area contributed by atoms with Crippen LogP contribution in [0.2, 0.25) is 5.02 Å². The van der Waals surface area contributed by atoms with E-state index in [-0.39, 0.29) is 5.91 Å². The number of anilines is 1. The van der Waals surface area contributed by atoms with E-state index in [9.17, 15) is 4.79 Å². The molecule has 1 amide bonds. The number of aryl methyl sites for hydroxylation is 2. The van der Waals surface area contributed by atoms with Gasteiger partial charge in [-0.25, -0.2) is 0 Å². The summed E-state index contributed by atoms with van der Waals surface area (Å²) >= 11 is 5.80. The molecule has 0 aromatic heterocycles. The third-order valence-corrected chi connectivity index (χ3v) is 3.45. The van der Waals surface area contributed by atoms with Crippen LogP contribution in [0.5, 0.6) is 0 Å². The molecule has 0 aliphatic heterocycles. The van der Waals surface area contributed by atoms with Crippen LogP contribution in [0.15, 0.2) is 48.5 Å². The standard InChI is InChI=1S/C17H18ClNO/c1-2-13-3-5-14(6-4-13)7-12-17(20)19-16-10-8-15(18)9-11-16/h3-6,8-11H,2,7,12H2,1H3,(H,19,20). The van der Waals surface area contributed by atoms with Crippen LogP contribution < -0.4 is 5.32 Å². The fraction of sp³-hybridized carbons (Fsp3) is 0.235. The van der Waals surface area contributed by atoms with Gasteiger partial charge < -0.3 is 5.32 Å². The summed E-state index contributed by atoms with van der Waals surface area (Å²) in [6.07, 6.45) is 2.27. The second-order valence-corrected chi connectivity index (χ2v) is 5.16. The van der Waals surface area contributed by atoms with Crippen molar-refractivity contribution in [3.8, 4) is 0 Å². The SMILES string of the molecule is CCc1ccc(CCC(=O)Nc2ccc(Cl)cc2)cc1. The molecule has 0 spiro atoms. The van der Waals surface area contributed by atoms with Crippen LogP contribution in [0.4, 0.5) is 5.69 Å². The fourth-order valence-electron chi connectivity index (χ4n) is 1.96. The molecule has 0 bridgehead atoms. The fourth-order valence-corrected chi connectivity index (χ4v) is 2.08. The molecule has 0 heterocycles. The lowest BCUT2D eigenvalue weighted by atomic mass is 10.1. The quantitative estimate of drug-likeness (QED) is 0.863. The topological polar surface area (TPSA) is 29.1 Å². The zero-order valence-electron chi connectivity index (χ0n) is 11.5. The minimum atomic E-state index is 0.0203. The molecule has 0 aliphatic carbocycles. The highest BCUT2D eigenvalue weighted by molar-refractivity contribution is 6.30. The van der Waals surface area contributed by atoms with Gasteiger partial charge in [0.2, 0.25) is 5.91 Å². The van der Waals surface area contributed by atoms with Gasteiger partial charge in [-0.1, -0.05) is 42.8 Å². The van der Waals surface area contributed by atoms with Crippen molar-refractivity contribution in [2.24, 2.45) is 0 Å². The number of nitrogens with one attached hydrogen (secondary N) is 1. The van der Waals surface area contributed by atoms with E-state index >= 15 is 0 Å². The Bertz CT molecular complexity index is 561. The molecule has 2 aromatic carbocycles. The summed E-state index contributed by atoms with van der Waals surface area (Å²) in [5.41, 5.74) is 3.29. The van der Waals surface area contributed by atoms with E-state index in [1.807, 2.05) is 0 Å². The van der Waals surface area contributed by atoms with E-state index in [1.165, 1.54) is 11.1 Å². The summed E-state index contributed by atoms with van der Waals surface area (Å²) in [6.45, 7) is 2.13. The number of hydrogen-bond acceptors (Lipinski definition) is 1. The molecule has 0 fully saturated rings. The molecule has 0 unspecified atom stereocenters. The predicted molar refractivity (Wildman–Crippen MR) is 84.2 cm³/mol. The Morgan fingerprint density at radius 1 is 1.00 bits per heavy atom. The minimum Gasteiger partial charge on any atom is -0.326 e. The summed E-state index contributed by atoms with van der Waals surface area (Å²) in [4.78, 5) is 11.8. The van der Waals surface area contributed by atoms with Gasteiger partial charge in [0.15, 0.2) is 0 Å². The molecule has 0 saturated carbocycles. The second kappa shape index (κ2) is 7.11. The lowest BCUT2D eigenvalue weighted by Crippen LogP contribution is -2.12. The monoisotopic (exact) mass is 287 g/mol. The maximum absolute atomic E-state index is 11.8. The van der Waals surface area contributed by atoms with Crippen LogP contribution in [0.25, 0.3) is 0 Å². The molecule has 1 N–H and O–H groups in total. The first-order chi connectivity index (χ1) is 9.67. The Kier molecular flexibility index (Phi) is 5.19. The molecule has 0 atom stereocenters. The van der Waals surface area contributed by atoms with Gasteiger partial charge in [0.25, 0.3) is 0 Å². The van der Waals surface area contributed by atoms with Crippen LogP contribution >= 0.6 is 11.6 Å². The van der Waals surface area contributed by atoms with Crippen molar-refractivity contribution in [1.29, 1.82) is 0 Å². The lowest BCUT2D eigenvalue weighted by Gasteiger charge is -2.06. The van der Waals surface area contributed by atoms with E-state index in [2.05, 4.69) is 36.5 Å². The highest BCUT2D eigenvalue weighted by Crippen LogP contribution is 2.14. The summed E-state index contributed by atoms with van der Waals surface area (Å²) < 4.78 is 0. The number of hydrogen-bond donors (Lipinski definition) is 1. The Labute approximate surface area is 124 Å². The van der Waals surface area contributed by atoms with E-state index in [1.54, 1.807) is 24.3 Å². The van der Waals surface area contributed by atoms with Crippen molar-refractivity contribution >= 4 is 23.2 Å². The Hall–Kier alpha value is -1.80. The predicted octanol–water partition coefficient (Wildman–Crippen LogP) is 4.47. The highest BCUT2D eigenvalue weighted by Gasteiger charge is 2.03. The number of halogens is 1. The van der Waals surface area contributed by atoms with Crippen LogP contribution in [0.1, 0.15) is 24.5 Å². The number of rotatable bonds is 5. The van der Waals surface area contributed by atoms with E-state index in [4.69, 9.17) is 11.6 Å². The van der Waals surface area contributed by atoms with E-state index < -0.39 is 0 Å². The molecule has 104 valence electrons. The number of benzene rings is 2. The Morgan fingerprint density at radius 2 is 1.60 bits per heavy atom.